The van der Waals surface area contributed by atoms with Gasteiger partial charge in [-0.3, -0.25) is 0 Å². The van der Waals surface area contributed by atoms with Crippen molar-refractivity contribution in [2.75, 3.05) is 20.3 Å². The van der Waals surface area contributed by atoms with Gasteiger partial charge in [0.15, 0.2) is 0 Å². The summed E-state index contributed by atoms with van der Waals surface area (Å²) in [6.07, 6.45) is 1.07. The molecule has 0 fully saturated rings. The first kappa shape index (κ1) is 10.1. The largest absolute Gasteiger partial charge is 0.460 e. The highest BCUT2D eigenvalue weighted by molar-refractivity contribution is 5.81. The Hall–Kier alpha value is -0.910. The van der Waals surface area contributed by atoms with Crippen molar-refractivity contribution >= 4 is 5.97 Å². The molecular weight excluding hydrogens is 152 g/mol. The van der Waals surface area contributed by atoms with E-state index in [1.165, 1.54) is 7.11 Å². The van der Waals surface area contributed by atoms with E-state index in [9.17, 15) is 4.79 Å². The summed E-state index contributed by atoms with van der Waals surface area (Å²) < 4.78 is 4.52. The van der Waals surface area contributed by atoms with Crippen molar-refractivity contribution in [3.05, 3.63) is 12.7 Å². The van der Waals surface area contributed by atoms with Crippen LogP contribution in [0.2, 0.25) is 0 Å². The predicted molar refractivity (Wildman–Crippen MR) is 35.2 cm³/mol. The summed E-state index contributed by atoms with van der Waals surface area (Å²) in [4.78, 5) is 18.8. The van der Waals surface area contributed by atoms with E-state index in [0.29, 0.717) is 0 Å². The normalized spacial score (nSPS) is 9.18. The third kappa shape index (κ3) is 6.98. The molecule has 0 radical (unpaired) electrons. The molecule has 0 spiro atoms. The molecule has 0 aliphatic rings. The van der Waals surface area contributed by atoms with Gasteiger partial charge in [-0.25, -0.2) is 14.6 Å². The van der Waals surface area contributed by atoms with E-state index in [-0.39, 0.29) is 13.2 Å². The van der Waals surface area contributed by atoms with Crippen LogP contribution in [-0.2, 0) is 24.3 Å². The summed E-state index contributed by atoms with van der Waals surface area (Å²) in [6, 6.07) is 0. The Morgan fingerprint density at radius 2 is 2.27 bits per heavy atom. The Kier molecular flexibility index (Phi) is 6.60. The molecule has 0 rings (SSSR count). The van der Waals surface area contributed by atoms with Gasteiger partial charge in [0, 0.05) is 6.08 Å². The molecule has 5 nitrogen and oxygen atoms in total. The van der Waals surface area contributed by atoms with Crippen LogP contribution in [0, 0.1) is 0 Å². The van der Waals surface area contributed by atoms with Crippen molar-refractivity contribution in [3.63, 3.8) is 0 Å². The SMILES string of the molecule is C=CC(=O)OCCOOOC. The first-order valence-corrected chi connectivity index (χ1v) is 2.92. The van der Waals surface area contributed by atoms with Crippen LogP contribution in [-0.4, -0.2) is 26.3 Å². The molecule has 0 aromatic heterocycles. The minimum Gasteiger partial charge on any atom is -0.460 e. The second-order valence-electron chi connectivity index (χ2n) is 1.43. The second-order valence-corrected chi connectivity index (χ2v) is 1.43. The maximum atomic E-state index is 10.4. The van der Waals surface area contributed by atoms with Crippen molar-refractivity contribution in [2.24, 2.45) is 0 Å². The topological polar surface area (TPSA) is 54.0 Å². The summed E-state index contributed by atoms with van der Waals surface area (Å²) >= 11 is 0. The minimum atomic E-state index is -0.494. The molecule has 0 aromatic rings. The molecule has 0 saturated carbocycles. The third-order valence-corrected chi connectivity index (χ3v) is 0.694. The van der Waals surface area contributed by atoms with Crippen LogP contribution >= 0.6 is 0 Å². The summed E-state index contributed by atoms with van der Waals surface area (Å²) in [5, 5.41) is 4.03. The molecule has 0 saturated heterocycles. The number of hydrogen-bond acceptors (Lipinski definition) is 5. The maximum absolute atomic E-state index is 10.4. The molecule has 0 bridgehead atoms. The fourth-order valence-corrected chi connectivity index (χ4v) is 0.317. The Morgan fingerprint density at radius 1 is 1.55 bits per heavy atom. The van der Waals surface area contributed by atoms with Crippen LogP contribution in [0.4, 0.5) is 0 Å². The number of carbonyl (C=O) groups excluding carboxylic acids is 1. The lowest BCUT2D eigenvalue weighted by atomic mass is 10.6. The van der Waals surface area contributed by atoms with E-state index in [4.69, 9.17) is 0 Å². The highest BCUT2D eigenvalue weighted by atomic mass is 17.5. The van der Waals surface area contributed by atoms with E-state index in [2.05, 4.69) is 26.1 Å². The number of ether oxygens (including phenoxy) is 1. The van der Waals surface area contributed by atoms with Gasteiger partial charge >= 0.3 is 5.97 Å². The molecule has 11 heavy (non-hydrogen) atoms. The lowest BCUT2D eigenvalue weighted by Crippen LogP contribution is -2.08. The zero-order valence-electron chi connectivity index (χ0n) is 6.24. The maximum Gasteiger partial charge on any atom is 0.330 e. The molecule has 0 N–H and O–H groups in total. The van der Waals surface area contributed by atoms with Crippen LogP contribution in [0.25, 0.3) is 0 Å². The predicted octanol–water partition coefficient (Wildman–Crippen LogP) is 0.225. The molecule has 64 valence electrons. The highest BCUT2D eigenvalue weighted by Gasteiger charge is 1.94. The van der Waals surface area contributed by atoms with Crippen molar-refractivity contribution < 1.29 is 24.3 Å². The van der Waals surface area contributed by atoms with Gasteiger partial charge in [-0.2, -0.15) is 0 Å². The molecule has 0 unspecified atom stereocenters. The van der Waals surface area contributed by atoms with Crippen LogP contribution in [0.3, 0.4) is 0 Å². The van der Waals surface area contributed by atoms with Crippen molar-refractivity contribution in [3.8, 4) is 0 Å². The van der Waals surface area contributed by atoms with Gasteiger partial charge in [0.2, 0.25) is 0 Å². The van der Waals surface area contributed by atoms with E-state index in [1.807, 2.05) is 0 Å². The van der Waals surface area contributed by atoms with Gasteiger partial charge in [-0.15, -0.1) is 0 Å². The fraction of sp³-hybridized carbons (Fsp3) is 0.500. The summed E-state index contributed by atoms with van der Waals surface area (Å²) in [7, 11) is 1.30. The quantitative estimate of drug-likeness (QED) is 0.184. The summed E-state index contributed by atoms with van der Waals surface area (Å²) in [5.41, 5.74) is 0. The zero-order chi connectivity index (χ0) is 8.53. The van der Waals surface area contributed by atoms with Crippen LogP contribution < -0.4 is 0 Å². The fourth-order valence-electron chi connectivity index (χ4n) is 0.317. The number of hydrogen-bond donors (Lipinski definition) is 0. The van der Waals surface area contributed by atoms with Gasteiger partial charge in [0.1, 0.15) is 13.2 Å². The van der Waals surface area contributed by atoms with Crippen molar-refractivity contribution in [1.29, 1.82) is 0 Å². The molecular formula is C6H10O5. The smallest absolute Gasteiger partial charge is 0.330 e. The van der Waals surface area contributed by atoms with E-state index >= 15 is 0 Å². The second kappa shape index (κ2) is 7.20. The van der Waals surface area contributed by atoms with Gasteiger partial charge in [-0.05, 0) is 0 Å². The van der Waals surface area contributed by atoms with E-state index in [0.717, 1.165) is 6.08 Å². The monoisotopic (exact) mass is 162 g/mol. The van der Waals surface area contributed by atoms with E-state index in [1.54, 1.807) is 0 Å². The summed E-state index contributed by atoms with van der Waals surface area (Å²) in [5.74, 6) is -0.494. The van der Waals surface area contributed by atoms with Crippen LogP contribution in [0.1, 0.15) is 0 Å². The summed E-state index contributed by atoms with van der Waals surface area (Å²) in [6.45, 7) is 3.43. The van der Waals surface area contributed by atoms with Crippen LogP contribution in [0.15, 0.2) is 12.7 Å². The Labute approximate surface area is 64.3 Å². The third-order valence-electron chi connectivity index (χ3n) is 0.694. The van der Waals surface area contributed by atoms with Crippen molar-refractivity contribution in [2.45, 2.75) is 0 Å². The molecule has 0 heterocycles. The van der Waals surface area contributed by atoms with Gasteiger partial charge in [0.25, 0.3) is 0 Å². The average Bonchev–Trinajstić information content (AvgIpc) is 2.04. The molecule has 0 atom stereocenters. The Balaban J connectivity index is 3.01. The Morgan fingerprint density at radius 3 is 2.82 bits per heavy atom. The average molecular weight is 162 g/mol. The lowest BCUT2D eigenvalue weighted by Gasteiger charge is -2.00. The van der Waals surface area contributed by atoms with Gasteiger partial charge in [-0.1, -0.05) is 11.6 Å². The molecule has 0 amide bonds. The Bertz CT molecular complexity index is 122. The van der Waals surface area contributed by atoms with Crippen LogP contribution in [0.5, 0.6) is 0 Å². The standard InChI is InChI=1S/C6H10O5/c1-3-6(7)9-4-5-10-11-8-2/h3H,1,4-5H2,2H3. The van der Waals surface area contributed by atoms with Crippen molar-refractivity contribution in [1.82, 2.24) is 0 Å². The number of esters is 1. The highest BCUT2D eigenvalue weighted by Crippen LogP contribution is 1.82. The first-order chi connectivity index (χ1) is 5.31. The minimum absolute atomic E-state index is 0.105. The number of carbonyl (C=O) groups is 1. The molecule has 5 heteroatoms. The first-order valence-electron chi connectivity index (χ1n) is 2.92. The zero-order valence-corrected chi connectivity index (χ0v) is 6.24. The molecule has 0 aliphatic carbocycles. The van der Waals surface area contributed by atoms with E-state index < -0.39 is 5.97 Å². The molecule has 0 aromatic carbocycles. The molecule has 0 aliphatic heterocycles. The lowest BCUT2D eigenvalue weighted by molar-refractivity contribution is -0.502. The van der Waals surface area contributed by atoms with Gasteiger partial charge in [0.05, 0.1) is 7.11 Å². The van der Waals surface area contributed by atoms with Gasteiger partial charge < -0.3 is 4.74 Å². The number of rotatable bonds is 6.